The standard InChI is InChI=1S/C9H9BrF2N2O2/c1-16-9(15)4-2-6(13)14-7(8(11)12)5(4)3-10/h2,8H,3H2,1H3,(H2,13,14). The van der Waals surface area contributed by atoms with E-state index in [0.717, 1.165) is 0 Å². The number of esters is 1. The highest BCUT2D eigenvalue weighted by atomic mass is 79.9. The fourth-order valence-electron chi connectivity index (χ4n) is 1.22. The molecule has 88 valence electrons. The summed E-state index contributed by atoms with van der Waals surface area (Å²) >= 11 is 3.03. The number of halogens is 3. The molecule has 0 saturated heterocycles. The Hall–Kier alpha value is -1.24. The lowest BCUT2D eigenvalue weighted by molar-refractivity contribution is 0.0599. The van der Waals surface area contributed by atoms with Crippen LogP contribution >= 0.6 is 15.9 Å². The zero-order valence-electron chi connectivity index (χ0n) is 8.34. The zero-order chi connectivity index (χ0) is 12.3. The summed E-state index contributed by atoms with van der Waals surface area (Å²) in [4.78, 5) is 14.9. The highest BCUT2D eigenvalue weighted by Gasteiger charge is 2.22. The van der Waals surface area contributed by atoms with Gasteiger partial charge in [0.25, 0.3) is 6.43 Å². The quantitative estimate of drug-likeness (QED) is 0.686. The van der Waals surface area contributed by atoms with Gasteiger partial charge in [0, 0.05) is 10.9 Å². The lowest BCUT2D eigenvalue weighted by Gasteiger charge is -2.11. The van der Waals surface area contributed by atoms with Crippen LogP contribution in [0.2, 0.25) is 0 Å². The van der Waals surface area contributed by atoms with Gasteiger partial charge >= 0.3 is 5.97 Å². The second-order valence-electron chi connectivity index (χ2n) is 2.88. The molecule has 1 rings (SSSR count). The molecule has 7 heteroatoms. The van der Waals surface area contributed by atoms with Gasteiger partial charge in [-0.2, -0.15) is 0 Å². The number of carbonyl (C=O) groups is 1. The summed E-state index contributed by atoms with van der Waals surface area (Å²) < 4.78 is 29.8. The Kier molecular flexibility index (Phi) is 4.17. The molecule has 0 atom stereocenters. The van der Waals surface area contributed by atoms with Gasteiger partial charge in [-0.1, -0.05) is 15.9 Å². The Labute approximate surface area is 98.9 Å². The summed E-state index contributed by atoms with van der Waals surface area (Å²) in [5.74, 6) is -0.856. The summed E-state index contributed by atoms with van der Waals surface area (Å²) in [5, 5.41) is 0.0738. The van der Waals surface area contributed by atoms with E-state index < -0.39 is 18.1 Å². The Morgan fingerprint density at radius 3 is 2.75 bits per heavy atom. The fourth-order valence-corrected chi connectivity index (χ4v) is 1.81. The molecule has 0 saturated carbocycles. The zero-order valence-corrected chi connectivity index (χ0v) is 9.92. The van der Waals surface area contributed by atoms with E-state index in [2.05, 4.69) is 25.7 Å². The van der Waals surface area contributed by atoms with Crippen LogP contribution in [0.15, 0.2) is 6.07 Å². The smallest absolute Gasteiger partial charge is 0.338 e. The van der Waals surface area contributed by atoms with E-state index >= 15 is 0 Å². The minimum atomic E-state index is -2.79. The van der Waals surface area contributed by atoms with Gasteiger partial charge in [0.1, 0.15) is 11.5 Å². The number of carbonyl (C=O) groups excluding carboxylic acids is 1. The van der Waals surface area contributed by atoms with E-state index in [9.17, 15) is 13.6 Å². The molecule has 1 heterocycles. The maximum Gasteiger partial charge on any atom is 0.338 e. The lowest BCUT2D eigenvalue weighted by atomic mass is 10.1. The average molecular weight is 295 g/mol. The van der Waals surface area contributed by atoms with E-state index in [1.54, 1.807) is 0 Å². The Morgan fingerprint density at radius 2 is 2.31 bits per heavy atom. The number of aromatic nitrogens is 1. The molecule has 2 N–H and O–H groups in total. The molecule has 0 aliphatic rings. The summed E-state index contributed by atoms with van der Waals surface area (Å²) in [6.45, 7) is 0. The van der Waals surface area contributed by atoms with Gasteiger partial charge in [0.05, 0.1) is 12.7 Å². The lowest BCUT2D eigenvalue weighted by Crippen LogP contribution is -2.11. The second-order valence-corrected chi connectivity index (χ2v) is 3.45. The maximum absolute atomic E-state index is 12.7. The molecule has 0 fully saturated rings. The van der Waals surface area contributed by atoms with Crippen molar-refractivity contribution in [2.45, 2.75) is 11.8 Å². The predicted octanol–water partition coefficient (Wildman–Crippen LogP) is 2.28. The van der Waals surface area contributed by atoms with Crippen LogP contribution in [0.5, 0.6) is 0 Å². The van der Waals surface area contributed by atoms with Crippen molar-refractivity contribution in [2.24, 2.45) is 0 Å². The van der Waals surface area contributed by atoms with Crippen LogP contribution in [0.25, 0.3) is 0 Å². The van der Waals surface area contributed by atoms with Gasteiger partial charge in [-0.25, -0.2) is 18.6 Å². The molecule has 1 aromatic rings. The van der Waals surface area contributed by atoms with Crippen molar-refractivity contribution in [3.63, 3.8) is 0 Å². The number of hydrogen-bond donors (Lipinski definition) is 1. The van der Waals surface area contributed by atoms with E-state index in [1.807, 2.05) is 0 Å². The summed E-state index contributed by atoms with van der Waals surface area (Å²) in [6.07, 6.45) is -2.79. The highest BCUT2D eigenvalue weighted by molar-refractivity contribution is 9.08. The van der Waals surface area contributed by atoms with Gasteiger partial charge in [-0.05, 0) is 6.07 Å². The van der Waals surface area contributed by atoms with Crippen LogP contribution in [0.3, 0.4) is 0 Å². The molecular weight excluding hydrogens is 286 g/mol. The monoisotopic (exact) mass is 294 g/mol. The molecule has 0 aliphatic heterocycles. The molecule has 0 unspecified atom stereocenters. The van der Waals surface area contributed by atoms with Gasteiger partial charge in [0.15, 0.2) is 0 Å². The number of methoxy groups -OCH3 is 1. The first kappa shape index (κ1) is 12.8. The molecule has 16 heavy (non-hydrogen) atoms. The third-order valence-electron chi connectivity index (χ3n) is 1.92. The summed E-state index contributed by atoms with van der Waals surface area (Å²) in [7, 11) is 1.17. The first-order valence-electron chi connectivity index (χ1n) is 4.23. The van der Waals surface area contributed by atoms with E-state index in [1.165, 1.54) is 13.2 Å². The van der Waals surface area contributed by atoms with Crippen molar-refractivity contribution >= 4 is 27.7 Å². The normalized spacial score (nSPS) is 10.6. The van der Waals surface area contributed by atoms with Crippen molar-refractivity contribution < 1.29 is 18.3 Å². The van der Waals surface area contributed by atoms with Crippen molar-refractivity contribution in [1.29, 1.82) is 0 Å². The number of hydrogen-bond acceptors (Lipinski definition) is 4. The maximum atomic E-state index is 12.7. The third kappa shape index (κ3) is 2.46. The van der Waals surface area contributed by atoms with Crippen LogP contribution in [-0.4, -0.2) is 18.1 Å². The molecule has 0 aromatic carbocycles. The van der Waals surface area contributed by atoms with Crippen molar-refractivity contribution in [3.05, 3.63) is 22.9 Å². The van der Waals surface area contributed by atoms with E-state index in [-0.39, 0.29) is 22.3 Å². The van der Waals surface area contributed by atoms with Crippen LogP contribution in [-0.2, 0) is 10.1 Å². The number of nitrogen functional groups attached to an aromatic ring is 1. The van der Waals surface area contributed by atoms with E-state index in [0.29, 0.717) is 0 Å². The number of ether oxygens (including phenoxy) is 1. The Bertz CT molecular complexity index is 413. The van der Waals surface area contributed by atoms with Crippen molar-refractivity contribution in [2.75, 3.05) is 12.8 Å². The first-order valence-corrected chi connectivity index (χ1v) is 5.35. The van der Waals surface area contributed by atoms with E-state index in [4.69, 9.17) is 5.73 Å². The largest absolute Gasteiger partial charge is 0.465 e. The molecule has 0 radical (unpaired) electrons. The third-order valence-corrected chi connectivity index (χ3v) is 2.48. The van der Waals surface area contributed by atoms with Crippen LogP contribution in [0.1, 0.15) is 28.0 Å². The molecule has 0 spiro atoms. The number of rotatable bonds is 3. The number of nitrogens with two attached hydrogens (primary N) is 1. The van der Waals surface area contributed by atoms with Gasteiger partial charge in [-0.3, -0.25) is 0 Å². The van der Waals surface area contributed by atoms with Gasteiger partial charge in [-0.15, -0.1) is 0 Å². The molecule has 0 aliphatic carbocycles. The van der Waals surface area contributed by atoms with Crippen LogP contribution < -0.4 is 5.73 Å². The van der Waals surface area contributed by atoms with Gasteiger partial charge < -0.3 is 10.5 Å². The minimum absolute atomic E-state index is 0.00201. The summed E-state index contributed by atoms with van der Waals surface area (Å²) in [6, 6.07) is 1.22. The molecule has 1 aromatic heterocycles. The highest BCUT2D eigenvalue weighted by Crippen LogP contribution is 2.27. The fraction of sp³-hybridized carbons (Fsp3) is 0.333. The molecule has 0 amide bonds. The second kappa shape index (κ2) is 5.20. The number of pyridine rings is 1. The van der Waals surface area contributed by atoms with Crippen LogP contribution in [0.4, 0.5) is 14.6 Å². The van der Waals surface area contributed by atoms with Gasteiger partial charge in [0.2, 0.25) is 0 Å². The molecule has 0 bridgehead atoms. The molecular formula is C9H9BrF2N2O2. The Balaban J connectivity index is 3.41. The average Bonchev–Trinajstić information content (AvgIpc) is 2.26. The topological polar surface area (TPSA) is 65.2 Å². The van der Waals surface area contributed by atoms with Crippen LogP contribution in [0, 0.1) is 0 Å². The van der Waals surface area contributed by atoms with Crippen molar-refractivity contribution in [1.82, 2.24) is 4.98 Å². The number of alkyl halides is 3. The molecule has 4 nitrogen and oxygen atoms in total. The number of anilines is 1. The van der Waals surface area contributed by atoms with Crippen molar-refractivity contribution in [3.8, 4) is 0 Å². The minimum Gasteiger partial charge on any atom is -0.465 e. The SMILES string of the molecule is COC(=O)c1cc(N)nc(C(F)F)c1CBr. The summed E-state index contributed by atoms with van der Waals surface area (Å²) in [5.41, 5.74) is 4.94. The predicted molar refractivity (Wildman–Crippen MR) is 57.6 cm³/mol. The number of nitrogens with zero attached hydrogens (tertiary/aromatic N) is 1. The Morgan fingerprint density at radius 1 is 1.69 bits per heavy atom. The first-order chi connectivity index (χ1) is 7.51.